The van der Waals surface area contributed by atoms with E-state index in [0.717, 1.165) is 0 Å². The molecule has 0 N–H and O–H groups in total. The molecule has 3 heteroatoms. The van der Waals surface area contributed by atoms with Crippen molar-refractivity contribution < 1.29 is 0 Å². The van der Waals surface area contributed by atoms with Gasteiger partial charge >= 0.3 is 167 Å². The van der Waals surface area contributed by atoms with Crippen LogP contribution in [0.2, 0.25) is 0 Å². The predicted octanol–water partition coefficient (Wildman–Crippen LogP) is 3.28. The van der Waals surface area contributed by atoms with Crippen LogP contribution >= 0.6 is 0 Å². The van der Waals surface area contributed by atoms with Crippen LogP contribution in [-0.2, 0) is 0 Å². The molecule has 2 aromatic rings. The van der Waals surface area contributed by atoms with Gasteiger partial charge in [0.25, 0.3) is 0 Å². The first-order valence-electron chi connectivity index (χ1n) is 8.90. The molecule has 2 aromatic carbocycles. The van der Waals surface area contributed by atoms with Crippen LogP contribution in [0, 0.1) is 0 Å². The third-order valence-electron chi connectivity index (χ3n) is 4.95. The summed E-state index contributed by atoms with van der Waals surface area (Å²) in [7, 11) is 8.55. The maximum atomic E-state index is 2.48. The number of likely N-dealkylation sites (N-methyl/N-ethyl adjacent to an activating group) is 1. The van der Waals surface area contributed by atoms with Crippen LogP contribution in [0.25, 0.3) is 5.57 Å². The van der Waals surface area contributed by atoms with E-state index in [1.807, 2.05) is 0 Å². The van der Waals surface area contributed by atoms with Crippen LogP contribution in [0.15, 0.2) is 76.0 Å². The Hall–Kier alpha value is -1.79. The van der Waals surface area contributed by atoms with Gasteiger partial charge in [0.05, 0.1) is 0 Å². The zero-order chi connectivity index (χ0) is 18.3. The van der Waals surface area contributed by atoms with Gasteiger partial charge in [-0.3, -0.25) is 0 Å². The van der Waals surface area contributed by atoms with Gasteiger partial charge < -0.3 is 0 Å². The third kappa shape index (κ3) is 3.16. The van der Waals surface area contributed by atoms with Crippen molar-refractivity contribution >= 4 is 35.8 Å². The molecule has 1 atom stereocenters. The molecule has 1 aliphatic heterocycles. The summed E-state index contributed by atoms with van der Waals surface area (Å²) in [5, 5.41) is 0. The van der Waals surface area contributed by atoms with Crippen LogP contribution < -0.4 is 8.51 Å². The zero-order valence-electron chi connectivity index (χ0n) is 15.7. The molecule has 2 aliphatic rings. The standard InChI is InChI=1S/C23H24N2Te/c1-24(2)17-10-12-19-21(14-17)26-22-15-18(25(3)4)11-13-20(22)23(19)16-8-6-5-7-9-16/h5-15,17H,1-4H3. The topological polar surface area (TPSA) is 6.48 Å². The summed E-state index contributed by atoms with van der Waals surface area (Å²) in [5.74, 6) is 0. The summed E-state index contributed by atoms with van der Waals surface area (Å²) < 4.78 is 3.11. The van der Waals surface area contributed by atoms with Crippen LogP contribution in [0.5, 0.6) is 0 Å². The Bertz CT molecular complexity index is 920. The van der Waals surface area contributed by atoms with Gasteiger partial charge in [0.2, 0.25) is 0 Å². The number of benzene rings is 2. The second kappa shape index (κ2) is 7.08. The molecule has 4 rings (SSSR count). The maximum absolute atomic E-state index is 2.48. The molecule has 0 bridgehead atoms. The fourth-order valence-electron chi connectivity index (χ4n) is 3.45. The molecular weight excluding hydrogens is 432 g/mol. The van der Waals surface area contributed by atoms with Crippen molar-refractivity contribution in [2.24, 2.45) is 0 Å². The van der Waals surface area contributed by atoms with Crippen molar-refractivity contribution in [1.82, 2.24) is 4.90 Å². The summed E-state index contributed by atoms with van der Waals surface area (Å²) in [6.45, 7) is 0. The van der Waals surface area contributed by atoms with Gasteiger partial charge in [-0.15, -0.1) is 0 Å². The molecule has 1 aliphatic carbocycles. The number of anilines is 1. The predicted molar refractivity (Wildman–Crippen MR) is 113 cm³/mol. The first-order chi connectivity index (χ1) is 12.5. The third-order valence-corrected chi connectivity index (χ3v) is 8.18. The van der Waals surface area contributed by atoms with E-state index < -0.39 is 20.9 Å². The fourth-order valence-corrected chi connectivity index (χ4v) is 6.83. The van der Waals surface area contributed by atoms with Crippen molar-refractivity contribution in [3.63, 3.8) is 0 Å². The quantitative estimate of drug-likeness (QED) is 0.655. The Labute approximate surface area is 166 Å². The Morgan fingerprint density at radius 3 is 2.38 bits per heavy atom. The Kier molecular flexibility index (Phi) is 4.80. The second-order valence-corrected chi connectivity index (χ2v) is 10.3. The second-order valence-electron chi connectivity index (χ2n) is 7.18. The van der Waals surface area contributed by atoms with E-state index in [2.05, 4.69) is 105 Å². The average Bonchev–Trinajstić information content (AvgIpc) is 2.65. The number of fused-ring (bicyclic) bond motifs is 2. The molecule has 0 saturated carbocycles. The summed E-state index contributed by atoms with van der Waals surface area (Å²) in [4.78, 5) is 4.48. The van der Waals surface area contributed by atoms with Crippen LogP contribution in [-0.4, -0.2) is 60.1 Å². The zero-order valence-corrected chi connectivity index (χ0v) is 18.1. The molecule has 0 saturated heterocycles. The molecule has 2 nitrogen and oxygen atoms in total. The summed E-state index contributed by atoms with van der Waals surface area (Å²) >= 11 is -0.396. The number of allylic oxidation sites excluding steroid dienone is 3. The molecule has 0 spiro atoms. The SMILES string of the molecule is CN(C)c1ccc2c(c1)[Te]C1=CC(N(C)C)C=CC1=C2c1ccccc1. The van der Waals surface area contributed by atoms with Crippen molar-refractivity contribution in [2.75, 3.05) is 33.1 Å². The normalized spacial score (nSPS) is 18.5. The first kappa shape index (κ1) is 17.6. The van der Waals surface area contributed by atoms with E-state index in [1.165, 1.54) is 28.0 Å². The van der Waals surface area contributed by atoms with Crippen molar-refractivity contribution in [2.45, 2.75) is 6.04 Å². The molecule has 0 fully saturated rings. The van der Waals surface area contributed by atoms with Gasteiger partial charge in [-0.05, 0) is 0 Å². The van der Waals surface area contributed by atoms with E-state index in [4.69, 9.17) is 0 Å². The summed E-state index contributed by atoms with van der Waals surface area (Å²) in [5.41, 5.74) is 6.85. The molecule has 0 amide bonds. The number of hydrogen-bond acceptors (Lipinski definition) is 2. The Balaban J connectivity index is 1.93. The molecule has 0 radical (unpaired) electrons. The summed E-state index contributed by atoms with van der Waals surface area (Å²) in [6.07, 6.45) is 7.16. The fraction of sp³-hybridized carbons (Fsp3) is 0.217. The van der Waals surface area contributed by atoms with Gasteiger partial charge in [0.1, 0.15) is 0 Å². The summed E-state index contributed by atoms with van der Waals surface area (Å²) in [6, 6.07) is 18.2. The Morgan fingerprint density at radius 2 is 1.69 bits per heavy atom. The minimum absolute atomic E-state index is 0.396. The monoisotopic (exact) mass is 458 g/mol. The van der Waals surface area contributed by atoms with Gasteiger partial charge in [0.15, 0.2) is 0 Å². The minimum atomic E-state index is -0.396. The molecular formula is C23H24N2Te. The number of nitrogens with zero attached hydrogens (tertiary/aromatic N) is 2. The molecule has 132 valence electrons. The van der Waals surface area contributed by atoms with E-state index >= 15 is 0 Å². The van der Waals surface area contributed by atoms with Gasteiger partial charge in [-0.1, -0.05) is 0 Å². The van der Waals surface area contributed by atoms with Crippen LogP contribution in [0.3, 0.4) is 0 Å². The Morgan fingerprint density at radius 1 is 0.923 bits per heavy atom. The van der Waals surface area contributed by atoms with Gasteiger partial charge in [-0.2, -0.15) is 0 Å². The molecule has 1 heterocycles. The van der Waals surface area contributed by atoms with E-state index in [9.17, 15) is 0 Å². The molecule has 0 aromatic heterocycles. The first-order valence-corrected chi connectivity index (χ1v) is 11.2. The number of hydrogen-bond donors (Lipinski definition) is 0. The van der Waals surface area contributed by atoms with Crippen molar-refractivity contribution in [3.05, 3.63) is 87.1 Å². The van der Waals surface area contributed by atoms with Gasteiger partial charge in [0, 0.05) is 0 Å². The van der Waals surface area contributed by atoms with Gasteiger partial charge in [-0.25, -0.2) is 0 Å². The molecule has 26 heavy (non-hydrogen) atoms. The van der Waals surface area contributed by atoms with E-state index in [-0.39, 0.29) is 0 Å². The van der Waals surface area contributed by atoms with E-state index in [0.29, 0.717) is 6.04 Å². The van der Waals surface area contributed by atoms with Crippen LogP contribution in [0.4, 0.5) is 5.69 Å². The van der Waals surface area contributed by atoms with Crippen molar-refractivity contribution in [1.29, 1.82) is 0 Å². The van der Waals surface area contributed by atoms with Crippen LogP contribution in [0.1, 0.15) is 11.1 Å². The molecule has 1 unspecified atom stereocenters. The van der Waals surface area contributed by atoms with Crippen molar-refractivity contribution in [3.8, 4) is 0 Å². The number of rotatable bonds is 3. The average molecular weight is 456 g/mol. The van der Waals surface area contributed by atoms with E-state index in [1.54, 1.807) is 7.23 Å².